The Bertz CT molecular complexity index is 1060. The molecular formula is C21H34N6O3. The van der Waals surface area contributed by atoms with Crippen LogP contribution in [0, 0.1) is 0 Å². The zero-order valence-corrected chi connectivity index (χ0v) is 18.5. The maximum atomic E-state index is 13.4. The molecule has 0 unspecified atom stereocenters. The first-order chi connectivity index (χ1) is 14.3. The summed E-state index contributed by atoms with van der Waals surface area (Å²) in [7, 11) is 1.66. The van der Waals surface area contributed by atoms with Crippen LogP contribution in [0.25, 0.3) is 11.0 Å². The van der Waals surface area contributed by atoms with Crippen LogP contribution in [0.15, 0.2) is 21.2 Å². The van der Waals surface area contributed by atoms with E-state index < -0.39 is 0 Å². The fourth-order valence-electron chi connectivity index (χ4n) is 4.15. The van der Waals surface area contributed by atoms with Crippen LogP contribution in [0.5, 0.6) is 0 Å². The molecule has 1 saturated heterocycles. The van der Waals surface area contributed by atoms with E-state index in [1.807, 2.05) is 25.3 Å². The van der Waals surface area contributed by atoms with E-state index in [0.717, 1.165) is 30.8 Å². The summed E-state index contributed by atoms with van der Waals surface area (Å²) in [6, 6.07) is 0.0553. The van der Waals surface area contributed by atoms with Gasteiger partial charge in [-0.15, -0.1) is 0 Å². The van der Waals surface area contributed by atoms with Gasteiger partial charge < -0.3 is 25.7 Å². The summed E-state index contributed by atoms with van der Waals surface area (Å²) in [4.78, 5) is 28.5. The third-order valence-electron chi connectivity index (χ3n) is 5.65. The molecule has 1 atom stereocenters. The van der Waals surface area contributed by atoms with Gasteiger partial charge in [-0.25, -0.2) is 4.79 Å². The van der Waals surface area contributed by atoms with E-state index >= 15 is 0 Å². The summed E-state index contributed by atoms with van der Waals surface area (Å²) in [5.41, 5.74) is 14.6. The van der Waals surface area contributed by atoms with Crippen LogP contribution in [-0.2, 0) is 24.9 Å². The molecule has 0 aliphatic carbocycles. The maximum absolute atomic E-state index is 13.4. The Hall–Kier alpha value is -2.52. The van der Waals surface area contributed by atoms with Gasteiger partial charge in [-0.2, -0.15) is 0 Å². The van der Waals surface area contributed by atoms with Gasteiger partial charge in [0.15, 0.2) is 0 Å². The van der Waals surface area contributed by atoms with Crippen molar-refractivity contribution in [3.63, 3.8) is 0 Å². The molecule has 9 heteroatoms. The second-order valence-corrected chi connectivity index (χ2v) is 8.17. The smallest absolute Gasteiger partial charge is 0.331 e. The van der Waals surface area contributed by atoms with Crippen LogP contribution < -0.4 is 27.6 Å². The molecule has 1 aliphatic rings. The largest absolute Gasteiger partial charge is 0.394 e. The fourth-order valence-corrected chi connectivity index (χ4v) is 4.15. The highest BCUT2D eigenvalue weighted by Gasteiger charge is 2.28. The SMILES string of the molecule is CCOCCn1c(=O)c2c(c(N)c(N3CCC[C@H](N)C3)n2CC=C(C)C)n(C)c1=O. The predicted octanol–water partition coefficient (Wildman–Crippen LogP) is 1.01. The highest BCUT2D eigenvalue weighted by molar-refractivity contribution is 5.96. The van der Waals surface area contributed by atoms with Crippen molar-refractivity contribution in [2.75, 3.05) is 36.9 Å². The zero-order valence-electron chi connectivity index (χ0n) is 18.5. The molecule has 0 aromatic carbocycles. The van der Waals surface area contributed by atoms with Crippen molar-refractivity contribution >= 4 is 22.5 Å². The third-order valence-corrected chi connectivity index (χ3v) is 5.65. The first-order valence-corrected chi connectivity index (χ1v) is 10.6. The van der Waals surface area contributed by atoms with Gasteiger partial charge in [-0.3, -0.25) is 13.9 Å². The van der Waals surface area contributed by atoms with E-state index in [4.69, 9.17) is 16.2 Å². The number of hydrogen-bond acceptors (Lipinski definition) is 6. The minimum atomic E-state index is -0.389. The average Bonchev–Trinajstić information content (AvgIpc) is 2.99. The number of fused-ring (bicyclic) bond motifs is 1. The lowest BCUT2D eigenvalue weighted by Crippen LogP contribution is -2.44. The first-order valence-electron chi connectivity index (χ1n) is 10.6. The predicted molar refractivity (Wildman–Crippen MR) is 121 cm³/mol. The first kappa shape index (κ1) is 22.2. The van der Waals surface area contributed by atoms with Gasteiger partial charge in [-0.05, 0) is 33.6 Å². The Morgan fingerprint density at radius 2 is 1.97 bits per heavy atom. The van der Waals surface area contributed by atoms with Crippen molar-refractivity contribution in [2.45, 2.75) is 52.7 Å². The van der Waals surface area contributed by atoms with E-state index in [1.165, 1.54) is 9.13 Å². The monoisotopic (exact) mass is 418 g/mol. The van der Waals surface area contributed by atoms with Crippen molar-refractivity contribution < 1.29 is 4.74 Å². The quantitative estimate of drug-likeness (QED) is 0.513. The second-order valence-electron chi connectivity index (χ2n) is 8.17. The van der Waals surface area contributed by atoms with Gasteiger partial charge in [0.1, 0.15) is 16.9 Å². The van der Waals surface area contributed by atoms with Crippen molar-refractivity contribution in [2.24, 2.45) is 12.8 Å². The number of rotatable bonds is 7. The van der Waals surface area contributed by atoms with Crippen molar-refractivity contribution in [1.82, 2.24) is 13.7 Å². The Kier molecular flexibility index (Phi) is 6.72. The highest BCUT2D eigenvalue weighted by Crippen LogP contribution is 2.34. The molecule has 166 valence electrons. The summed E-state index contributed by atoms with van der Waals surface area (Å²) in [6.07, 6.45) is 3.98. The van der Waals surface area contributed by atoms with Gasteiger partial charge >= 0.3 is 5.69 Å². The molecule has 9 nitrogen and oxygen atoms in total. The fraction of sp³-hybridized carbons (Fsp3) is 0.619. The van der Waals surface area contributed by atoms with Crippen LogP contribution in [0.1, 0.15) is 33.6 Å². The van der Waals surface area contributed by atoms with Crippen molar-refractivity contribution in [3.05, 3.63) is 32.5 Å². The molecule has 3 heterocycles. The van der Waals surface area contributed by atoms with Crippen molar-refractivity contribution in [3.8, 4) is 0 Å². The molecule has 0 spiro atoms. The maximum Gasteiger partial charge on any atom is 0.331 e. The molecule has 1 aliphatic heterocycles. The number of anilines is 2. The second kappa shape index (κ2) is 9.09. The molecule has 0 saturated carbocycles. The Balaban J connectivity index is 2.29. The number of hydrogen-bond donors (Lipinski definition) is 2. The Morgan fingerprint density at radius 1 is 1.23 bits per heavy atom. The minimum absolute atomic E-state index is 0.0553. The molecule has 0 amide bonds. The summed E-state index contributed by atoms with van der Waals surface area (Å²) < 4.78 is 10.0. The number of nitrogens with two attached hydrogens (primary N) is 2. The van der Waals surface area contributed by atoms with Crippen LogP contribution in [0.4, 0.5) is 11.5 Å². The van der Waals surface area contributed by atoms with Crippen LogP contribution >= 0.6 is 0 Å². The number of ether oxygens (including phenoxy) is 1. The molecule has 0 bridgehead atoms. The molecule has 0 radical (unpaired) electrons. The molecule has 2 aromatic rings. The van der Waals surface area contributed by atoms with E-state index in [2.05, 4.69) is 11.0 Å². The van der Waals surface area contributed by atoms with E-state index in [0.29, 0.717) is 43.0 Å². The molecule has 30 heavy (non-hydrogen) atoms. The van der Waals surface area contributed by atoms with E-state index in [-0.39, 0.29) is 23.8 Å². The topological polar surface area (TPSA) is 113 Å². The van der Waals surface area contributed by atoms with Gasteiger partial charge in [0, 0.05) is 39.3 Å². The van der Waals surface area contributed by atoms with Crippen LogP contribution in [0.3, 0.4) is 0 Å². The lowest BCUT2D eigenvalue weighted by Gasteiger charge is -2.33. The summed E-state index contributed by atoms with van der Waals surface area (Å²) in [5, 5.41) is 0. The standard InChI is InChI=1S/C21H34N6O3/c1-5-30-12-11-27-20(28)18-17(24(4)21(27)29)16(23)19(26(18)10-8-14(2)3)25-9-6-7-15(22)13-25/h8,15H,5-7,9-13,22-23H2,1-4H3/t15-/m0/s1. The summed E-state index contributed by atoms with van der Waals surface area (Å²) in [6.45, 7) is 8.92. The Labute approximate surface area is 176 Å². The van der Waals surface area contributed by atoms with Crippen molar-refractivity contribution in [1.29, 1.82) is 0 Å². The number of aryl methyl sites for hydroxylation is 1. The minimum Gasteiger partial charge on any atom is -0.394 e. The molecule has 3 rings (SSSR count). The number of aromatic nitrogens is 3. The van der Waals surface area contributed by atoms with Crippen LogP contribution in [0.2, 0.25) is 0 Å². The third kappa shape index (κ3) is 4.04. The zero-order chi connectivity index (χ0) is 22.0. The summed E-state index contributed by atoms with van der Waals surface area (Å²) >= 11 is 0. The number of nitrogen functional groups attached to an aromatic ring is 1. The van der Waals surface area contributed by atoms with E-state index in [1.54, 1.807) is 7.05 Å². The normalized spacial score (nSPS) is 17.0. The highest BCUT2D eigenvalue weighted by atomic mass is 16.5. The number of piperidine rings is 1. The molecule has 1 fully saturated rings. The Morgan fingerprint density at radius 3 is 2.60 bits per heavy atom. The lowest BCUT2D eigenvalue weighted by molar-refractivity contribution is 0.137. The van der Waals surface area contributed by atoms with E-state index in [9.17, 15) is 9.59 Å². The average molecular weight is 419 g/mol. The van der Waals surface area contributed by atoms with Gasteiger partial charge in [-0.1, -0.05) is 11.6 Å². The van der Waals surface area contributed by atoms with Gasteiger partial charge in [0.05, 0.1) is 18.8 Å². The number of allylic oxidation sites excluding steroid dienone is 2. The summed E-state index contributed by atoms with van der Waals surface area (Å²) in [5.74, 6) is 0.771. The number of nitrogens with zero attached hydrogens (tertiary/aromatic N) is 4. The molecule has 4 N–H and O–H groups in total. The lowest BCUT2D eigenvalue weighted by atomic mass is 10.1. The van der Waals surface area contributed by atoms with Crippen LogP contribution in [-0.4, -0.2) is 46.0 Å². The van der Waals surface area contributed by atoms with Gasteiger partial charge in [0.25, 0.3) is 5.56 Å². The molecule has 2 aromatic heterocycles. The van der Waals surface area contributed by atoms with Gasteiger partial charge in [0.2, 0.25) is 0 Å². The molecular weight excluding hydrogens is 384 g/mol.